The topological polar surface area (TPSA) is 128 Å². The van der Waals surface area contributed by atoms with Gasteiger partial charge in [0.05, 0.1) is 17.9 Å². The van der Waals surface area contributed by atoms with Crippen molar-refractivity contribution in [2.75, 3.05) is 23.8 Å². The van der Waals surface area contributed by atoms with Crippen LogP contribution in [0, 0.1) is 11.8 Å². The van der Waals surface area contributed by atoms with Gasteiger partial charge in [0, 0.05) is 21.9 Å². The van der Waals surface area contributed by atoms with E-state index < -0.39 is 15.9 Å². The number of nitrogens with one attached hydrogen (secondary N) is 1. The van der Waals surface area contributed by atoms with E-state index in [1.165, 1.54) is 18.2 Å². The molecule has 9 nitrogen and oxygen atoms in total. The molecule has 1 aromatic carbocycles. The number of rotatable bonds is 8. The fraction of sp³-hybridized carbons (Fsp3) is 0.393. The SMILES string of the molecule is CC(C)COc1cccc(-c2ccc(C(=O)NS(=O)(=O)c3cccc(N)n3)c(N3C[C@@H](C)CC3(C)C)n2)c1.[HH].[HH].[HH]. The summed E-state index contributed by atoms with van der Waals surface area (Å²) < 4.78 is 33.9. The summed E-state index contributed by atoms with van der Waals surface area (Å²) in [6.45, 7) is 11.8. The molecule has 0 spiro atoms. The third-order valence-electron chi connectivity index (χ3n) is 6.41. The Kier molecular flexibility index (Phi) is 7.64. The largest absolute Gasteiger partial charge is 0.493 e. The van der Waals surface area contributed by atoms with Crippen molar-refractivity contribution in [2.24, 2.45) is 11.8 Å². The lowest BCUT2D eigenvalue weighted by Crippen LogP contribution is -2.41. The molecule has 1 fully saturated rings. The van der Waals surface area contributed by atoms with Crippen LogP contribution in [0.15, 0.2) is 59.6 Å². The van der Waals surface area contributed by atoms with Crippen molar-refractivity contribution in [1.29, 1.82) is 0 Å². The molecule has 1 atom stereocenters. The second-order valence-electron chi connectivity index (χ2n) is 10.9. The third-order valence-corrected chi connectivity index (χ3v) is 7.64. The fourth-order valence-electron chi connectivity index (χ4n) is 4.77. The fourth-order valence-corrected chi connectivity index (χ4v) is 5.71. The van der Waals surface area contributed by atoms with Gasteiger partial charge in [-0.1, -0.05) is 39.0 Å². The predicted octanol–water partition coefficient (Wildman–Crippen LogP) is 5.24. The highest BCUT2D eigenvalue weighted by atomic mass is 32.2. The standard InChI is InChI=1S/C28H35N5O4S.3H2/c1-18(2)17-37-21-9-6-8-20(14-21)23-13-12-22(26(30-23)33-16-19(3)15-28(33,4)5)27(34)32-38(35,36)25-11-7-10-24(29)31-25;;;/h6-14,18-19H,15-17H2,1-5H3,(H2,29,31)(H,32,34);3*1H/t19-;;;/m0.../s1. The number of nitrogens with two attached hydrogens (primary N) is 1. The summed E-state index contributed by atoms with van der Waals surface area (Å²) in [5.41, 5.74) is 7.02. The second-order valence-corrected chi connectivity index (χ2v) is 12.5. The van der Waals surface area contributed by atoms with Crippen LogP contribution in [0.25, 0.3) is 11.3 Å². The Balaban J connectivity index is 0.00000280. The summed E-state index contributed by atoms with van der Waals surface area (Å²) in [5, 5.41) is -0.328. The number of nitrogens with zero attached hydrogens (tertiary/aromatic N) is 3. The maximum absolute atomic E-state index is 13.4. The first-order valence-corrected chi connectivity index (χ1v) is 14.2. The van der Waals surface area contributed by atoms with Crippen LogP contribution in [-0.2, 0) is 10.0 Å². The minimum absolute atomic E-state index is 0. The van der Waals surface area contributed by atoms with Crippen LogP contribution >= 0.6 is 0 Å². The zero-order chi connectivity index (χ0) is 27.7. The zero-order valence-corrected chi connectivity index (χ0v) is 23.2. The minimum atomic E-state index is -4.24. The van der Waals surface area contributed by atoms with Gasteiger partial charge in [-0.3, -0.25) is 4.79 Å². The van der Waals surface area contributed by atoms with Crippen LogP contribution < -0.4 is 20.1 Å². The maximum atomic E-state index is 13.4. The molecule has 0 unspecified atom stereocenters. The van der Waals surface area contributed by atoms with Crippen molar-refractivity contribution < 1.29 is 22.2 Å². The Morgan fingerprint density at radius 2 is 1.92 bits per heavy atom. The Morgan fingerprint density at radius 1 is 1.18 bits per heavy atom. The number of pyridine rings is 2. The lowest BCUT2D eigenvalue weighted by Gasteiger charge is -2.34. The van der Waals surface area contributed by atoms with E-state index >= 15 is 0 Å². The van der Waals surface area contributed by atoms with E-state index in [1.807, 2.05) is 24.3 Å². The molecule has 3 N–H and O–H groups in total. The quantitative estimate of drug-likeness (QED) is 0.395. The molecule has 38 heavy (non-hydrogen) atoms. The van der Waals surface area contributed by atoms with Crippen molar-refractivity contribution >= 4 is 27.6 Å². The number of aromatic nitrogens is 2. The molecule has 0 aliphatic carbocycles. The third kappa shape index (κ3) is 6.07. The number of carbonyl (C=O) groups is 1. The van der Waals surface area contributed by atoms with Crippen LogP contribution in [0.2, 0.25) is 0 Å². The first-order valence-electron chi connectivity index (χ1n) is 12.7. The highest BCUT2D eigenvalue weighted by Crippen LogP contribution is 2.38. The monoisotopic (exact) mass is 543 g/mol. The summed E-state index contributed by atoms with van der Waals surface area (Å²) in [6.07, 6.45) is 0.907. The van der Waals surface area contributed by atoms with Crippen molar-refractivity contribution in [1.82, 2.24) is 14.7 Å². The van der Waals surface area contributed by atoms with E-state index in [0.29, 0.717) is 36.5 Å². The Morgan fingerprint density at radius 3 is 2.58 bits per heavy atom. The van der Waals surface area contributed by atoms with Crippen molar-refractivity contribution in [2.45, 2.75) is 51.6 Å². The van der Waals surface area contributed by atoms with Crippen LogP contribution in [0.1, 0.15) is 55.7 Å². The van der Waals surface area contributed by atoms with Gasteiger partial charge >= 0.3 is 0 Å². The average molecular weight is 544 g/mol. The highest BCUT2D eigenvalue weighted by molar-refractivity contribution is 7.90. The number of benzene rings is 1. The lowest BCUT2D eigenvalue weighted by molar-refractivity contribution is 0.0981. The van der Waals surface area contributed by atoms with Gasteiger partial charge in [0.25, 0.3) is 15.9 Å². The van der Waals surface area contributed by atoms with E-state index in [4.69, 9.17) is 15.5 Å². The maximum Gasteiger partial charge on any atom is 0.281 e. The van der Waals surface area contributed by atoms with Crippen molar-refractivity contribution in [3.05, 3.63) is 60.2 Å². The van der Waals surface area contributed by atoms with Gasteiger partial charge in [-0.05, 0) is 68.5 Å². The highest BCUT2D eigenvalue weighted by Gasteiger charge is 2.39. The minimum Gasteiger partial charge on any atom is -0.493 e. The summed E-state index contributed by atoms with van der Waals surface area (Å²) in [7, 11) is -4.24. The summed E-state index contributed by atoms with van der Waals surface area (Å²) >= 11 is 0. The normalized spacial score (nSPS) is 17.0. The number of amides is 1. The summed E-state index contributed by atoms with van der Waals surface area (Å²) in [4.78, 5) is 24.2. The molecule has 208 valence electrons. The number of carbonyl (C=O) groups excluding carboxylic acids is 1. The van der Waals surface area contributed by atoms with Gasteiger partial charge in [-0.25, -0.2) is 14.7 Å². The molecule has 1 aliphatic rings. The molecular weight excluding hydrogens is 502 g/mol. The average Bonchev–Trinajstić information content (AvgIpc) is 3.13. The molecule has 0 radical (unpaired) electrons. The van der Waals surface area contributed by atoms with E-state index in [0.717, 1.165) is 17.7 Å². The summed E-state index contributed by atoms with van der Waals surface area (Å²) in [6, 6.07) is 15.2. The Bertz CT molecular complexity index is 1450. The molecule has 1 aliphatic heterocycles. The van der Waals surface area contributed by atoms with Gasteiger partial charge in [0.1, 0.15) is 17.4 Å². The molecule has 4 rings (SSSR count). The Labute approximate surface area is 228 Å². The van der Waals surface area contributed by atoms with E-state index in [2.05, 4.69) is 49.2 Å². The van der Waals surface area contributed by atoms with Crippen LogP contribution in [0.4, 0.5) is 11.6 Å². The van der Waals surface area contributed by atoms with Crippen LogP contribution in [0.5, 0.6) is 5.75 Å². The summed E-state index contributed by atoms with van der Waals surface area (Å²) in [5.74, 6) is 1.18. The molecule has 0 saturated carbocycles. The Hall–Kier alpha value is -3.66. The number of hydrogen-bond donors (Lipinski definition) is 2. The lowest BCUT2D eigenvalue weighted by atomic mass is 9.97. The molecule has 1 amide bonds. The first-order chi connectivity index (χ1) is 17.9. The molecule has 2 aromatic heterocycles. The van der Waals surface area contributed by atoms with E-state index in [9.17, 15) is 13.2 Å². The van der Waals surface area contributed by atoms with E-state index in [1.54, 1.807) is 12.1 Å². The smallest absolute Gasteiger partial charge is 0.281 e. The number of hydrogen-bond acceptors (Lipinski definition) is 8. The predicted molar refractivity (Wildman–Crippen MR) is 155 cm³/mol. The second kappa shape index (κ2) is 10.6. The number of anilines is 2. The molecular formula is C28H41N5O4S. The molecule has 3 heterocycles. The van der Waals surface area contributed by atoms with Crippen molar-refractivity contribution in [3.63, 3.8) is 0 Å². The zero-order valence-electron chi connectivity index (χ0n) is 22.4. The first kappa shape index (κ1) is 27.4. The van der Waals surface area contributed by atoms with Crippen molar-refractivity contribution in [3.8, 4) is 17.0 Å². The van der Waals surface area contributed by atoms with Crippen LogP contribution in [0.3, 0.4) is 0 Å². The number of sulfonamides is 1. The van der Waals surface area contributed by atoms with Gasteiger partial charge in [-0.2, -0.15) is 8.42 Å². The van der Waals surface area contributed by atoms with Gasteiger partial charge < -0.3 is 15.4 Å². The van der Waals surface area contributed by atoms with Gasteiger partial charge in [-0.15, -0.1) is 0 Å². The van der Waals surface area contributed by atoms with Crippen LogP contribution in [-0.4, -0.2) is 43.0 Å². The van der Waals surface area contributed by atoms with Gasteiger partial charge in [0.2, 0.25) is 0 Å². The molecule has 10 heteroatoms. The van der Waals surface area contributed by atoms with E-state index in [-0.39, 0.29) is 26.2 Å². The van der Waals surface area contributed by atoms with Gasteiger partial charge in [0.15, 0.2) is 5.03 Å². The molecule has 0 bridgehead atoms. The number of ether oxygens (including phenoxy) is 1. The molecule has 3 aromatic rings. The molecule has 1 saturated heterocycles. The number of nitrogen functional groups attached to an aromatic ring is 1.